The molecule has 2 bridgehead atoms. The zero-order valence-electron chi connectivity index (χ0n) is 12.9. The number of nitro benzene ring substituents is 1. The zero-order chi connectivity index (χ0) is 16.5. The van der Waals surface area contributed by atoms with Gasteiger partial charge in [-0.1, -0.05) is 17.7 Å². The number of carbonyl (C=O) groups is 2. The van der Waals surface area contributed by atoms with E-state index >= 15 is 0 Å². The second-order valence-corrected chi connectivity index (χ2v) is 6.71. The number of rotatable bonds is 2. The van der Waals surface area contributed by atoms with Crippen molar-refractivity contribution >= 4 is 23.2 Å². The third-order valence-electron chi connectivity index (χ3n) is 5.53. The van der Waals surface area contributed by atoms with Crippen molar-refractivity contribution in [3.8, 4) is 0 Å². The molecule has 2 fully saturated rings. The lowest BCUT2D eigenvalue weighted by molar-refractivity contribution is -0.385. The van der Waals surface area contributed by atoms with Crippen molar-refractivity contribution in [2.45, 2.75) is 20.3 Å². The van der Waals surface area contributed by atoms with Gasteiger partial charge in [0.1, 0.15) is 0 Å². The minimum atomic E-state index is -0.486. The number of fused-ring (bicyclic) bond motifs is 5. The van der Waals surface area contributed by atoms with Crippen LogP contribution in [0.25, 0.3) is 0 Å². The molecule has 1 saturated heterocycles. The predicted molar refractivity (Wildman–Crippen MR) is 82.7 cm³/mol. The van der Waals surface area contributed by atoms with E-state index in [1.54, 1.807) is 19.1 Å². The van der Waals surface area contributed by atoms with Crippen molar-refractivity contribution < 1.29 is 14.5 Å². The monoisotopic (exact) mass is 312 g/mol. The summed E-state index contributed by atoms with van der Waals surface area (Å²) in [5.41, 5.74) is 1.94. The number of allylic oxidation sites excluding steroid dienone is 2. The third-order valence-corrected chi connectivity index (χ3v) is 5.53. The summed E-state index contributed by atoms with van der Waals surface area (Å²) in [6.07, 6.45) is 2.98. The van der Waals surface area contributed by atoms with Gasteiger partial charge in [0.05, 0.1) is 22.4 Å². The molecule has 0 spiro atoms. The number of nitro groups is 1. The molecule has 4 unspecified atom stereocenters. The molecule has 0 N–H and O–H groups in total. The molecule has 2 amide bonds. The third kappa shape index (κ3) is 1.75. The van der Waals surface area contributed by atoms with Crippen LogP contribution in [0.1, 0.15) is 18.9 Å². The van der Waals surface area contributed by atoms with Crippen LogP contribution in [-0.2, 0) is 9.59 Å². The Morgan fingerprint density at radius 3 is 2.57 bits per heavy atom. The molecular weight excluding hydrogens is 296 g/mol. The maximum atomic E-state index is 12.8. The highest BCUT2D eigenvalue weighted by atomic mass is 16.6. The van der Waals surface area contributed by atoms with Gasteiger partial charge < -0.3 is 0 Å². The van der Waals surface area contributed by atoms with Crippen molar-refractivity contribution in [2.75, 3.05) is 4.90 Å². The Kier molecular flexibility index (Phi) is 2.76. The lowest BCUT2D eigenvalue weighted by Crippen LogP contribution is -2.33. The van der Waals surface area contributed by atoms with Crippen LogP contribution >= 0.6 is 0 Å². The average molecular weight is 312 g/mol. The van der Waals surface area contributed by atoms with E-state index in [1.165, 1.54) is 11.6 Å². The van der Waals surface area contributed by atoms with E-state index in [1.807, 2.05) is 6.92 Å². The van der Waals surface area contributed by atoms with Gasteiger partial charge in [0.25, 0.3) is 5.69 Å². The van der Waals surface area contributed by atoms with Crippen LogP contribution < -0.4 is 4.90 Å². The van der Waals surface area contributed by atoms with Crippen molar-refractivity contribution in [3.05, 3.63) is 45.5 Å². The first kappa shape index (κ1) is 14.1. The van der Waals surface area contributed by atoms with Gasteiger partial charge >= 0.3 is 0 Å². The summed E-state index contributed by atoms with van der Waals surface area (Å²) in [5, 5.41) is 11.1. The van der Waals surface area contributed by atoms with E-state index in [2.05, 4.69) is 6.08 Å². The van der Waals surface area contributed by atoms with Gasteiger partial charge in [-0.2, -0.15) is 0 Å². The summed E-state index contributed by atoms with van der Waals surface area (Å²) in [6.45, 7) is 3.65. The lowest BCUT2D eigenvalue weighted by atomic mass is 9.82. The first-order valence-electron chi connectivity index (χ1n) is 7.71. The first-order valence-corrected chi connectivity index (χ1v) is 7.71. The smallest absolute Gasteiger partial charge is 0.274 e. The standard InChI is InChI=1S/C17H16N2O4/c1-8-3-4-11(7-13(8)19(22)23)18-16(20)14-10-5-9(2)12(6-10)15(14)17(18)21/h3-5,7,10,12,14-15H,6H2,1-2H3. The molecule has 23 heavy (non-hydrogen) atoms. The number of carbonyl (C=O) groups excluding carboxylic acids is 2. The second kappa shape index (κ2) is 4.50. The molecule has 1 saturated carbocycles. The Balaban J connectivity index is 1.75. The number of nitrogens with zero attached hydrogens (tertiary/aromatic N) is 2. The SMILES string of the molecule is CC1=CC2CC1C1C(=O)N(c3ccc(C)c([N+](=O)[O-])c3)C(=O)C21. The number of amides is 2. The molecule has 118 valence electrons. The lowest BCUT2D eigenvalue weighted by Gasteiger charge is -2.19. The normalized spacial score (nSPS) is 31.6. The largest absolute Gasteiger partial charge is 0.274 e. The maximum Gasteiger partial charge on any atom is 0.274 e. The molecular formula is C17H16N2O4. The number of imide groups is 1. The fourth-order valence-corrected chi connectivity index (χ4v) is 4.46. The highest BCUT2D eigenvalue weighted by Crippen LogP contribution is 2.56. The van der Waals surface area contributed by atoms with Gasteiger partial charge in [-0.25, -0.2) is 4.90 Å². The summed E-state index contributed by atoms with van der Waals surface area (Å²) >= 11 is 0. The summed E-state index contributed by atoms with van der Waals surface area (Å²) < 4.78 is 0. The molecule has 0 radical (unpaired) electrons. The number of hydrogen-bond acceptors (Lipinski definition) is 4. The molecule has 0 aromatic heterocycles. The molecule has 1 aromatic rings. The fraction of sp³-hybridized carbons (Fsp3) is 0.412. The van der Waals surface area contributed by atoms with Crippen LogP contribution in [0.4, 0.5) is 11.4 Å². The van der Waals surface area contributed by atoms with E-state index < -0.39 is 4.92 Å². The minimum absolute atomic E-state index is 0.0718. The first-order chi connectivity index (χ1) is 10.9. The van der Waals surface area contributed by atoms with Gasteiger partial charge in [0.15, 0.2) is 0 Å². The van der Waals surface area contributed by atoms with E-state index in [-0.39, 0.29) is 41.2 Å². The van der Waals surface area contributed by atoms with Gasteiger partial charge in [0, 0.05) is 11.6 Å². The van der Waals surface area contributed by atoms with Crippen LogP contribution in [0, 0.1) is 40.7 Å². The van der Waals surface area contributed by atoms with Crippen LogP contribution in [0.5, 0.6) is 0 Å². The van der Waals surface area contributed by atoms with E-state index in [9.17, 15) is 19.7 Å². The van der Waals surface area contributed by atoms with Crippen LogP contribution in [-0.4, -0.2) is 16.7 Å². The predicted octanol–water partition coefficient (Wildman–Crippen LogP) is 2.60. The van der Waals surface area contributed by atoms with Crippen molar-refractivity contribution in [3.63, 3.8) is 0 Å². The Morgan fingerprint density at radius 2 is 1.87 bits per heavy atom. The van der Waals surface area contributed by atoms with Gasteiger partial charge in [-0.3, -0.25) is 19.7 Å². The molecule has 1 aromatic carbocycles. The summed E-state index contributed by atoms with van der Waals surface area (Å²) in [7, 11) is 0. The van der Waals surface area contributed by atoms with E-state index in [0.717, 1.165) is 11.3 Å². The van der Waals surface area contributed by atoms with Crippen molar-refractivity contribution in [1.82, 2.24) is 0 Å². The molecule has 1 aliphatic heterocycles. The topological polar surface area (TPSA) is 80.5 Å². The quantitative estimate of drug-likeness (QED) is 0.364. The molecule has 6 nitrogen and oxygen atoms in total. The van der Waals surface area contributed by atoms with Gasteiger partial charge in [-0.05, 0) is 38.2 Å². The average Bonchev–Trinajstić information content (AvgIpc) is 3.11. The van der Waals surface area contributed by atoms with E-state index in [4.69, 9.17) is 0 Å². The van der Waals surface area contributed by atoms with Gasteiger partial charge in [-0.15, -0.1) is 0 Å². The second-order valence-electron chi connectivity index (χ2n) is 6.71. The molecule has 4 rings (SSSR count). The fourth-order valence-electron chi connectivity index (χ4n) is 4.46. The zero-order valence-corrected chi connectivity index (χ0v) is 12.9. The summed E-state index contributed by atoms with van der Waals surface area (Å²) in [5.74, 6) is -0.735. The Morgan fingerprint density at radius 1 is 1.17 bits per heavy atom. The van der Waals surface area contributed by atoms with Crippen LogP contribution in [0.15, 0.2) is 29.8 Å². The summed E-state index contributed by atoms with van der Waals surface area (Å²) in [4.78, 5) is 37.4. The highest BCUT2D eigenvalue weighted by Gasteiger charge is 2.61. The summed E-state index contributed by atoms with van der Waals surface area (Å²) in [6, 6.07) is 4.52. The van der Waals surface area contributed by atoms with E-state index in [0.29, 0.717) is 11.3 Å². The molecule has 3 aliphatic rings. The Hall–Kier alpha value is -2.50. The highest BCUT2D eigenvalue weighted by molar-refractivity contribution is 6.23. The van der Waals surface area contributed by atoms with Crippen LogP contribution in [0.2, 0.25) is 0 Å². The molecule has 4 atom stereocenters. The minimum Gasteiger partial charge on any atom is -0.274 e. The molecule has 1 heterocycles. The number of aryl methyl sites for hydroxylation is 1. The number of hydrogen-bond donors (Lipinski definition) is 0. The number of benzene rings is 1. The van der Waals surface area contributed by atoms with Crippen molar-refractivity contribution in [1.29, 1.82) is 0 Å². The van der Waals surface area contributed by atoms with Gasteiger partial charge in [0.2, 0.25) is 11.8 Å². The maximum absolute atomic E-state index is 12.8. The molecule has 2 aliphatic carbocycles. The Bertz CT molecular complexity index is 798. The van der Waals surface area contributed by atoms with Crippen LogP contribution in [0.3, 0.4) is 0 Å². The molecule has 6 heteroatoms. The van der Waals surface area contributed by atoms with Crippen molar-refractivity contribution in [2.24, 2.45) is 23.7 Å². The Labute approximate surface area is 132 Å². The number of anilines is 1.